The van der Waals surface area contributed by atoms with Crippen LogP contribution in [0.15, 0.2) is 52.9 Å². The third kappa shape index (κ3) is 4.68. The lowest BCUT2D eigenvalue weighted by Crippen LogP contribution is -3.11. The van der Waals surface area contributed by atoms with E-state index in [4.69, 9.17) is 26.1 Å². The van der Waals surface area contributed by atoms with Gasteiger partial charge >= 0.3 is 0 Å². The molecule has 1 aliphatic rings. The van der Waals surface area contributed by atoms with Crippen molar-refractivity contribution in [2.75, 3.05) is 13.7 Å². The first-order valence-electron chi connectivity index (χ1n) is 9.95. The molecule has 1 atom stereocenters. The van der Waals surface area contributed by atoms with Gasteiger partial charge in [0.1, 0.15) is 18.0 Å². The molecule has 1 aromatic heterocycles. The molecule has 1 fully saturated rings. The maximum Gasteiger partial charge on any atom is 0.292 e. The summed E-state index contributed by atoms with van der Waals surface area (Å²) in [6.07, 6.45) is 2.47. The van der Waals surface area contributed by atoms with Crippen molar-refractivity contribution in [3.8, 4) is 23.0 Å². The fraction of sp³-hybridized carbons (Fsp3) is 0.364. The zero-order chi connectivity index (χ0) is 20.2. The summed E-state index contributed by atoms with van der Waals surface area (Å²) < 4.78 is 18.6. The van der Waals surface area contributed by atoms with E-state index in [2.05, 4.69) is 17.2 Å². The summed E-state index contributed by atoms with van der Waals surface area (Å²) in [5, 5.41) is 4.67. The Balaban J connectivity index is 1.54. The van der Waals surface area contributed by atoms with Gasteiger partial charge in [0.2, 0.25) is 0 Å². The average molecular weight is 413 g/mol. The lowest BCUT2D eigenvalue weighted by molar-refractivity contribution is -0.947. The molecule has 1 unspecified atom stereocenters. The van der Waals surface area contributed by atoms with E-state index in [0.717, 1.165) is 23.6 Å². The van der Waals surface area contributed by atoms with Gasteiger partial charge in [-0.2, -0.15) is 4.68 Å². The number of nitrogens with zero attached hydrogens (tertiary/aromatic N) is 2. The number of para-hydroxylation sites is 1. The van der Waals surface area contributed by atoms with Crippen LogP contribution < -0.4 is 14.4 Å². The fourth-order valence-corrected chi connectivity index (χ4v) is 3.64. The Morgan fingerprint density at radius 1 is 1.17 bits per heavy atom. The maximum absolute atomic E-state index is 5.83. The van der Waals surface area contributed by atoms with Gasteiger partial charge in [0.25, 0.3) is 10.7 Å². The normalized spacial score (nSPS) is 14.6. The molecule has 1 heterocycles. The highest BCUT2D eigenvalue weighted by Crippen LogP contribution is 2.28. The summed E-state index contributed by atoms with van der Waals surface area (Å²) in [5.41, 5.74) is 2.09. The summed E-state index contributed by atoms with van der Waals surface area (Å²) in [5.74, 6) is 2.12. The van der Waals surface area contributed by atoms with Gasteiger partial charge < -0.3 is 18.8 Å². The van der Waals surface area contributed by atoms with Crippen LogP contribution in [0.5, 0.6) is 11.5 Å². The molecule has 29 heavy (non-hydrogen) atoms. The molecular formula is C22H26N3O3S+. The second-order valence-corrected chi connectivity index (χ2v) is 7.57. The second-order valence-electron chi connectivity index (χ2n) is 7.22. The molecule has 7 heteroatoms. The predicted octanol–water partition coefficient (Wildman–Crippen LogP) is 3.48. The van der Waals surface area contributed by atoms with E-state index in [1.54, 1.807) is 11.8 Å². The van der Waals surface area contributed by atoms with Gasteiger partial charge in [0.15, 0.2) is 6.67 Å². The molecule has 1 saturated carbocycles. The molecule has 0 aliphatic heterocycles. The first-order chi connectivity index (χ1) is 14.2. The number of rotatable bonds is 9. The Morgan fingerprint density at radius 2 is 1.93 bits per heavy atom. The monoisotopic (exact) mass is 412 g/mol. The molecule has 0 amide bonds. The maximum atomic E-state index is 5.83. The van der Waals surface area contributed by atoms with E-state index in [1.807, 2.05) is 43.3 Å². The van der Waals surface area contributed by atoms with Gasteiger partial charge in [-0.15, -0.1) is 5.10 Å². The van der Waals surface area contributed by atoms with E-state index >= 15 is 0 Å². The molecule has 1 N–H and O–H groups in total. The van der Waals surface area contributed by atoms with Gasteiger partial charge in [0.05, 0.1) is 25.3 Å². The highest BCUT2D eigenvalue weighted by atomic mass is 32.1. The van der Waals surface area contributed by atoms with Gasteiger partial charge in [-0.25, -0.2) is 0 Å². The van der Waals surface area contributed by atoms with Crippen molar-refractivity contribution in [3.05, 3.63) is 58.9 Å². The van der Waals surface area contributed by atoms with Crippen LogP contribution >= 0.6 is 12.2 Å². The van der Waals surface area contributed by atoms with E-state index < -0.39 is 0 Å². The Kier molecular flexibility index (Phi) is 5.97. The zero-order valence-electron chi connectivity index (χ0n) is 16.8. The van der Waals surface area contributed by atoms with Crippen molar-refractivity contribution < 1.29 is 18.8 Å². The minimum absolute atomic E-state index is 0.388. The second kappa shape index (κ2) is 8.80. The Labute approximate surface area is 175 Å². The van der Waals surface area contributed by atoms with E-state index in [1.165, 1.54) is 23.3 Å². The van der Waals surface area contributed by atoms with Gasteiger partial charge in [0, 0.05) is 18.4 Å². The zero-order valence-corrected chi connectivity index (χ0v) is 17.6. The summed E-state index contributed by atoms with van der Waals surface area (Å²) in [6.45, 7) is 4.13. The minimum atomic E-state index is 0.388. The van der Waals surface area contributed by atoms with Crippen LogP contribution in [0.2, 0.25) is 0 Å². The molecule has 1 aliphatic carbocycles. The number of hydrogen-bond donors (Lipinski definition) is 1. The van der Waals surface area contributed by atoms with Gasteiger partial charge in [-0.3, -0.25) is 0 Å². The first-order valence-corrected chi connectivity index (χ1v) is 10.4. The molecule has 0 spiro atoms. The van der Waals surface area contributed by atoms with Crippen LogP contribution in [0.1, 0.15) is 25.3 Å². The Bertz CT molecular complexity index is 1010. The molecule has 4 rings (SSSR count). The van der Waals surface area contributed by atoms with Crippen LogP contribution in [-0.2, 0) is 13.2 Å². The van der Waals surface area contributed by atoms with Crippen molar-refractivity contribution in [3.63, 3.8) is 0 Å². The number of quaternary nitrogens is 1. The summed E-state index contributed by atoms with van der Waals surface area (Å²) >= 11 is 5.47. The van der Waals surface area contributed by atoms with Crippen LogP contribution in [0, 0.1) is 4.84 Å². The first kappa shape index (κ1) is 19.7. The molecule has 0 bridgehead atoms. The highest BCUT2D eigenvalue weighted by Gasteiger charge is 2.34. The predicted molar refractivity (Wildman–Crippen MR) is 113 cm³/mol. The topological polar surface area (TPSA) is 53.9 Å². The summed E-state index contributed by atoms with van der Waals surface area (Å²) in [6, 6.07) is 16.6. The van der Waals surface area contributed by atoms with Crippen LogP contribution in [0.4, 0.5) is 0 Å². The third-order valence-corrected chi connectivity index (χ3v) is 5.42. The average Bonchev–Trinajstić information content (AvgIpc) is 3.53. The smallest absolute Gasteiger partial charge is 0.292 e. The van der Waals surface area contributed by atoms with Crippen molar-refractivity contribution in [2.45, 2.75) is 39.0 Å². The Morgan fingerprint density at radius 3 is 2.62 bits per heavy atom. The summed E-state index contributed by atoms with van der Waals surface area (Å²) in [4.78, 5) is 1.82. The van der Waals surface area contributed by atoms with Crippen molar-refractivity contribution in [2.24, 2.45) is 0 Å². The quantitative estimate of drug-likeness (QED) is 0.546. The third-order valence-electron chi connectivity index (χ3n) is 5.12. The molecule has 2 aromatic carbocycles. The van der Waals surface area contributed by atoms with Crippen molar-refractivity contribution in [1.82, 2.24) is 9.78 Å². The number of ether oxygens (including phenoxy) is 2. The lowest BCUT2D eigenvalue weighted by Gasteiger charge is -2.18. The number of aromatic nitrogens is 2. The standard InChI is InChI=1S/C22H25N3O3S/c1-3-27-20-7-5-4-6-19(20)21-23-25(22(29)28-21)15-24(17-10-11-17)14-16-8-12-18(26-2)13-9-16/h4-9,12-13,17H,3,10-11,14-15H2,1-2H3/p+1. The van der Waals surface area contributed by atoms with E-state index in [0.29, 0.717) is 30.0 Å². The number of benzene rings is 2. The Hall–Kier alpha value is -2.64. The lowest BCUT2D eigenvalue weighted by atomic mass is 10.2. The number of nitrogens with one attached hydrogen (secondary N) is 1. The van der Waals surface area contributed by atoms with Gasteiger partial charge in [-0.1, -0.05) is 12.1 Å². The fourth-order valence-electron chi connectivity index (χ4n) is 3.46. The number of methoxy groups -OCH3 is 1. The summed E-state index contributed by atoms with van der Waals surface area (Å²) in [7, 11) is 1.68. The van der Waals surface area contributed by atoms with Crippen LogP contribution in [0.25, 0.3) is 11.5 Å². The number of hydrogen-bond acceptors (Lipinski definition) is 5. The van der Waals surface area contributed by atoms with Crippen molar-refractivity contribution >= 4 is 12.2 Å². The SMILES string of the molecule is CCOc1ccccc1-c1nn(C[NH+](Cc2ccc(OC)cc2)C2CC2)c(=S)o1. The van der Waals surface area contributed by atoms with E-state index in [-0.39, 0.29) is 0 Å². The molecular weight excluding hydrogens is 386 g/mol. The van der Waals surface area contributed by atoms with Crippen molar-refractivity contribution in [1.29, 1.82) is 0 Å². The van der Waals surface area contributed by atoms with Crippen LogP contribution in [0.3, 0.4) is 0 Å². The molecule has 152 valence electrons. The largest absolute Gasteiger partial charge is 0.497 e. The van der Waals surface area contributed by atoms with E-state index in [9.17, 15) is 0 Å². The highest BCUT2D eigenvalue weighted by molar-refractivity contribution is 7.71. The molecule has 0 saturated heterocycles. The van der Waals surface area contributed by atoms with Gasteiger partial charge in [-0.05, 0) is 55.5 Å². The minimum Gasteiger partial charge on any atom is -0.497 e. The molecule has 0 radical (unpaired) electrons. The molecule has 3 aromatic rings. The van der Waals surface area contributed by atoms with Crippen LogP contribution in [-0.4, -0.2) is 29.5 Å². The molecule has 6 nitrogen and oxygen atoms in total.